The quantitative estimate of drug-likeness (QED) is 0.207. The zero-order chi connectivity index (χ0) is 20.8. The molecule has 0 aliphatic heterocycles. The average Bonchev–Trinajstić information content (AvgIpc) is 2.65. The highest BCUT2D eigenvalue weighted by molar-refractivity contribution is 6.31. The Labute approximate surface area is 171 Å². The van der Waals surface area contributed by atoms with E-state index >= 15 is 0 Å². The predicted molar refractivity (Wildman–Crippen MR) is 122 cm³/mol. The third-order valence-corrected chi connectivity index (χ3v) is 4.53. The van der Waals surface area contributed by atoms with Gasteiger partial charge in [0.1, 0.15) is 0 Å². The summed E-state index contributed by atoms with van der Waals surface area (Å²) in [6.07, 6.45) is 9.34. The van der Waals surface area contributed by atoms with Crippen LogP contribution in [0.1, 0.15) is 40.5 Å². The summed E-state index contributed by atoms with van der Waals surface area (Å²) in [6.45, 7) is 23.5. The first-order chi connectivity index (χ1) is 12.8. The van der Waals surface area contributed by atoms with E-state index in [9.17, 15) is 0 Å². The van der Waals surface area contributed by atoms with Gasteiger partial charge in [0.05, 0.1) is 11.8 Å². The summed E-state index contributed by atoms with van der Waals surface area (Å²) in [6, 6.07) is 0.202. The zero-order valence-corrected chi connectivity index (χ0v) is 18.6. The van der Waals surface area contributed by atoms with E-state index < -0.39 is 0 Å². The van der Waals surface area contributed by atoms with Gasteiger partial charge in [0.15, 0.2) is 0 Å². The Kier molecular flexibility index (Phi) is 13.8. The third kappa shape index (κ3) is 11.1. The molecule has 0 radical (unpaired) electrons. The molecule has 3 nitrogen and oxygen atoms in total. The maximum Gasteiger partial charge on any atom is 0.0937 e. The molecule has 0 fully saturated rings. The first-order valence-electron chi connectivity index (χ1n) is 9.64. The summed E-state index contributed by atoms with van der Waals surface area (Å²) in [5.74, 6) is 0. The second kappa shape index (κ2) is 14.6. The van der Waals surface area contributed by atoms with Crippen molar-refractivity contribution >= 4 is 17.3 Å². The van der Waals surface area contributed by atoms with Crippen LogP contribution < -0.4 is 0 Å². The zero-order valence-electron chi connectivity index (χ0n) is 17.8. The summed E-state index contributed by atoms with van der Waals surface area (Å²) in [4.78, 5) is 7.37. The fraction of sp³-hybridized carbons (Fsp3) is 0.522. The molecule has 0 spiro atoms. The fourth-order valence-electron chi connectivity index (χ4n) is 2.70. The van der Waals surface area contributed by atoms with Crippen molar-refractivity contribution in [3.63, 3.8) is 0 Å². The predicted octanol–water partition coefficient (Wildman–Crippen LogP) is 5.95. The van der Waals surface area contributed by atoms with Crippen LogP contribution in [0.15, 0.2) is 65.2 Å². The van der Waals surface area contributed by atoms with Gasteiger partial charge in [-0.15, -0.1) is 6.58 Å². The number of methoxy groups -OCH3 is 1. The number of rotatable bonds is 14. The molecule has 27 heavy (non-hydrogen) atoms. The molecule has 4 heteroatoms. The van der Waals surface area contributed by atoms with Crippen molar-refractivity contribution in [3.8, 4) is 0 Å². The molecule has 2 atom stereocenters. The Morgan fingerprint density at radius 3 is 2.33 bits per heavy atom. The van der Waals surface area contributed by atoms with E-state index in [0.717, 1.165) is 49.3 Å². The molecule has 2 unspecified atom stereocenters. The molecule has 0 amide bonds. The highest BCUT2D eigenvalue weighted by atomic mass is 35.5. The van der Waals surface area contributed by atoms with Crippen LogP contribution in [0.2, 0.25) is 0 Å². The van der Waals surface area contributed by atoms with Gasteiger partial charge < -0.3 is 9.64 Å². The summed E-state index contributed by atoms with van der Waals surface area (Å²) in [5.41, 5.74) is 2.68. The van der Waals surface area contributed by atoms with Gasteiger partial charge in [-0.1, -0.05) is 50.8 Å². The lowest BCUT2D eigenvalue weighted by molar-refractivity contribution is 0.177. The van der Waals surface area contributed by atoms with Crippen LogP contribution in [-0.2, 0) is 4.74 Å². The molecule has 152 valence electrons. The van der Waals surface area contributed by atoms with Crippen molar-refractivity contribution in [1.29, 1.82) is 0 Å². The van der Waals surface area contributed by atoms with E-state index in [1.807, 2.05) is 19.1 Å². The minimum absolute atomic E-state index is 0.159. The van der Waals surface area contributed by atoms with Crippen molar-refractivity contribution in [2.45, 2.75) is 52.7 Å². The minimum Gasteiger partial charge on any atom is -0.373 e. The molecule has 0 aliphatic rings. The maximum atomic E-state index is 5.85. The van der Waals surface area contributed by atoms with Crippen molar-refractivity contribution in [3.05, 3.63) is 60.2 Å². The second-order valence-corrected chi connectivity index (χ2v) is 7.07. The Morgan fingerprint density at radius 1 is 1.22 bits per heavy atom. The lowest BCUT2D eigenvalue weighted by Crippen LogP contribution is -2.24. The standard InChI is InChI=1S/C23H37ClN2O/c1-9-22(27-8)17-19(5)23(18(4)14-15-20(6)24)25-21(7)13-12-16-26(10-2)11-3/h9,14-15,17,21-22H,1,4,6,10-13,16H2,2-3,5,7-8H3. The molecule has 0 N–H and O–H groups in total. The normalized spacial score (nSPS) is 15.2. The van der Waals surface area contributed by atoms with Crippen LogP contribution >= 0.6 is 11.6 Å². The highest BCUT2D eigenvalue weighted by Gasteiger charge is 2.11. The summed E-state index contributed by atoms with van der Waals surface area (Å²) in [7, 11) is 1.66. The molecule has 0 rings (SSSR count). The number of hydrogen-bond donors (Lipinski definition) is 0. The van der Waals surface area contributed by atoms with Crippen LogP contribution in [0.25, 0.3) is 0 Å². The monoisotopic (exact) mass is 392 g/mol. The number of nitrogens with zero attached hydrogens (tertiary/aromatic N) is 2. The van der Waals surface area contributed by atoms with Gasteiger partial charge in [0, 0.05) is 18.2 Å². The van der Waals surface area contributed by atoms with Gasteiger partial charge in [-0.25, -0.2) is 0 Å². The van der Waals surface area contributed by atoms with Gasteiger partial charge in [-0.2, -0.15) is 0 Å². The summed E-state index contributed by atoms with van der Waals surface area (Å²) in [5, 5.41) is 0.463. The Balaban J connectivity index is 5.37. The molecule has 0 heterocycles. The number of ether oxygens (including phenoxy) is 1. The SMILES string of the molecule is C=CC(C=C(C)C(=NC(C)CCCN(CC)CC)C(=C)C=CC(=C)Cl)OC. The lowest BCUT2D eigenvalue weighted by atomic mass is 10.0. The summed E-state index contributed by atoms with van der Waals surface area (Å²) < 4.78 is 5.38. The largest absolute Gasteiger partial charge is 0.373 e. The molecule has 0 aromatic rings. The molecular formula is C23H37ClN2O. The minimum atomic E-state index is -0.159. The van der Waals surface area contributed by atoms with E-state index in [4.69, 9.17) is 21.3 Å². The second-order valence-electron chi connectivity index (χ2n) is 6.59. The van der Waals surface area contributed by atoms with Gasteiger partial charge in [0.25, 0.3) is 0 Å². The van der Waals surface area contributed by atoms with Crippen molar-refractivity contribution in [2.24, 2.45) is 4.99 Å². The number of allylic oxidation sites excluding steroid dienone is 5. The topological polar surface area (TPSA) is 24.8 Å². The van der Waals surface area contributed by atoms with Crippen molar-refractivity contribution < 1.29 is 4.74 Å². The fourth-order valence-corrected chi connectivity index (χ4v) is 2.76. The third-order valence-electron chi connectivity index (χ3n) is 4.40. The van der Waals surface area contributed by atoms with Crippen molar-refractivity contribution in [2.75, 3.05) is 26.7 Å². The molecule has 0 aliphatic carbocycles. The molecular weight excluding hydrogens is 356 g/mol. The molecule has 0 saturated heterocycles. The van der Waals surface area contributed by atoms with Crippen LogP contribution in [0, 0.1) is 0 Å². The van der Waals surface area contributed by atoms with Gasteiger partial charge in [-0.05, 0) is 69.6 Å². The first-order valence-corrected chi connectivity index (χ1v) is 10.0. The van der Waals surface area contributed by atoms with Crippen LogP contribution in [0.5, 0.6) is 0 Å². The lowest BCUT2D eigenvalue weighted by Gasteiger charge is -2.19. The van der Waals surface area contributed by atoms with Crippen LogP contribution in [0.4, 0.5) is 0 Å². The number of halogens is 1. The molecule has 0 bridgehead atoms. The smallest absolute Gasteiger partial charge is 0.0937 e. The number of aliphatic imine (C=N–C) groups is 1. The van der Waals surface area contributed by atoms with Gasteiger partial charge >= 0.3 is 0 Å². The van der Waals surface area contributed by atoms with Crippen LogP contribution in [-0.4, -0.2) is 49.5 Å². The Bertz CT molecular complexity index is 571. The van der Waals surface area contributed by atoms with E-state index in [0.29, 0.717) is 5.03 Å². The van der Waals surface area contributed by atoms with Gasteiger partial charge in [0.2, 0.25) is 0 Å². The Hall–Kier alpha value is -1.42. The summed E-state index contributed by atoms with van der Waals surface area (Å²) >= 11 is 5.85. The van der Waals surface area contributed by atoms with Gasteiger partial charge in [-0.3, -0.25) is 4.99 Å². The molecule has 0 aromatic heterocycles. The maximum absolute atomic E-state index is 5.85. The highest BCUT2D eigenvalue weighted by Crippen LogP contribution is 2.15. The Morgan fingerprint density at radius 2 is 1.85 bits per heavy atom. The molecule has 0 aromatic carbocycles. The van der Waals surface area contributed by atoms with E-state index in [1.165, 1.54) is 0 Å². The number of hydrogen-bond acceptors (Lipinski definition) is 3. The van der Waals surface area contributed by atoms with Crippen molar-refractivity contribution in [1.82, 2.24) is 4.90 Å². The molecule has 0 saturated carbocycles. The van der Waals surface area contributed by atoms with E-state index in [2.05, 4.69) is 45.4 Å². The average molecular weight is 393 g/mol. The van der Waals surface area contributed by atoms with Crippen LogP contribution in [0.3, 0.4) is 0 Å². The first kappa shape index (κ1) is 25.6. The van der Waals surface area contributed by atoms with E-state index in [-0.39, 0.29) is 12.1 Å². The van der Waals surface area contributed by atoms with E-state index in [1.54, 1.807) is 19.3 Å².